The van der Waals surface area contributed by atoms with Gasteiger partial charge in [-0.3, -0.25) is 4.98 Å². The summed E-state index contributed by atoms with van der Waals surface area (Å²) >= 11 is 11.3. The molecule has 3 aromatic rings. The van der Waals surface area contributed by atoms with Crippen LogP contribution in [0.25, 0.3) is 16.2 Å². The molecule has 0 amide bonds. The summed E-state index contributed by atoms with van der Waals surface area (Å²) in [5.74, 6) is 0.535. The number of aliphatic hydroxyl groups is 1. The largest absolute Gasteiger partial charge is 0.383 e. The van der Waals surface area contributed by atoms with Crippen LogP contribution in [-0.4, -0.2) is 19.4 Å². The quantitative estimate of drug-likeness (QED) is 0.520. The number of hydrogen-bond acceptors (Lipinski definition) is 5. The second-order valence-electron chi connectivity index (χ2n) is 5.80. The van der Waals surface area contributed by atoms with E-state index in [-0.39, 0.29) is 0 Å². The van der Waals surface area contributed by atoms with E-state index in [1.54, 1.807) is 42.4 Å². The monoisotopic (exact) mass is 448 g/mol. The van der Waals surface area contributed by atoms with Gasteiger partial charge in [-0.25, -0.2) is 0 Å². The Bertz CT molecular complexity index is 944. The SMILES string of the molecule is OC(c1cccnc1)c1c(C2=CCC(Br)S2)noc1-c1ccc(Cl)cc1. The highest BCUT2D eigenvalue weighted by atomic mass is 79.9. The van der Waals surface area contributed by atoms with Crippen molar-refractivity contribution in [3.8, 4) is 11.3 Å². The summed E-state index contributed by atoms with van der Waals surface area (Å²) in [6.45, 7) is 0. The Morgan fingerprint density at radius 1 is 1.27 bits per heavy atom. The molecule has 4 rings (SSSR count). The van der Waals surface area contributed by atoms with Crippen LogP contribution in [-0.2, 0) is 0 Å². The van der Waals surface area contributed by atoms with Gasteiger partial charge in [0.1, 0.15) is 11.8 Å². The van der Waals surface area contributed by atoms with Gasteiger partial charge in [-0.05, 0) is 36.8 Å². The fourth-order valence-corrected chi connectivity index (χ4v) is 4.66. The lowest BCUT2D eigenvalue weighted by Crippen LogP contribution is -2.03. The Labute approximate surface area is 168 Å². The third-order valence-electron chi connectivity index (χ3n) is 4.08. The minimum Gasteiger partial charge on any atom is -0.383 e. The Balaban J connectivity index is 1.84. The molecule has 3 heterocycles. The Kier molecular flexibility index (Phi) is 5.18. The molecular formula is C19H14BrClN2O2S. The van der Waals surface area contributed by atoms with E-state index in [0.29, 0.717) is 31.8 Å². The van der Waals surface area contributed by atoms with E-state index in [4.69, 9.17) is 16.1 Å². The first-order chi connectivity index (χ1) is 12.6. The molecule has 2 unspecified atom stereocenters. The molecule has 132 valence electrons. The number of thioether (sulfide) groups is 1. The van der Waals surface area contributed by atoms with Crippen molar-refractivity contribution in [1.82, 2.24) is 10.1 Å². The molecule has 0 fully saturated rings. The van der Waals surface area contributed by atoms with Crippen LogP contribution in [0.2, 0.25) is 5.02 Å². The molecular weight excluding hydrogens is 436 g/mol. The lowest BCUT2D eigenvalue weighted by molar-refractivity contribution is 0.219. The summed E-state index contributed by atoms with van der Waals surface area (Å²) in [4.78, 5) is 5.11. The molecule has 7 heteroatoms. The highest BCUT2D eigenvalue weighted by Crippen LogP contribution is 2.46. The molecule has 1 aliphatic heterocycles. The number of allylic oxidation sites excluding steroid dienone is 1. The average molecular weight is 450 g/mol. The van der Waals surface area contributed by atoms with Gasteiger partial charge in [0.2, 0.25) is 0 Å². The van der Waals surface area contributed by atoms with Gasteiger partial charge >= 0.3 is 0 Å². The first-order valence-corrected chi connectivity index (χ1v) is 10.2. The Hall–Kier alpha value is -1.60. The molecule has 0 saturated heterocycles. The smallest absolute Gasteiger partial charge is 0.173 e. The number of rotatable bonds is 4. The van der Waals surface area contributed by atoms with Gasteiger partial charge in [0.25, 0.3) is 0 Å². The van der Waals surface area contributed by atoms with Gasteiger partial charge in [-0.1, -0.05) is 44.8 Å². The van der Waals surface area contributed by atoms with Gasteiger partial charge < -0.3 is 9.63 Å². The van der Waals surface area contributed by atoms with E-state index in [1.165, 1.54) is 0 Å². The van der Waals surface area contributed by atoms with Crippen molar-refractivity contribution in [3.05, 3.63) is 76.7 Å². The second kappa shape index (κ2) is 7.56. The molecule has 26 heavy (non-hydrogen) atoms. The molecule has 0 saturated carbocycles. The van der Waals surface area contributed by atoms with Crippen LogP contribution in [0.5, 0.6) is 0 Å². The van der Waals surface area contributed by atoms with Crippen molar-refractivity contribution >= 4 is 44.2 Å². The maximum absolute atomic E-state index is 11.1. The first-order valence-electron chi connectivity index (χ1n) is 7.98. The third-order valence-corrected chi connectivity index (χ3v) is 6.33. The van der Waals surface area contributed by atoms with Crippen molar-refractivity contribution in [2.24, 2.45) is 0 Å². The fraction of sp³-hybridized carbons (Fsp3) is 0.158. The molecule has 2 aromatic heterocycles. The van der Waals surface area contributed by atoms with Gasteiger partial charge in [0, 0.05) is 33.4 Å². The van der Waals surface area contributed by atoms with Gasteiger partial charge in [0.05, 0.1) is 9.72 Å². The number of aliphatic hydroxyl groups excluding tert-OH is 1. The molecule has 1 N–H and O–H groups in total. The summed E-state index contributed by atoms with van der Waals surface area (Å²) in [6, 6.07) is 10.9. The van der Waals surface area contributed by atoms with E-state index in [2.05, 4.69) is 32.1 Å². The Morgan fingerprint density at radius 3 is 2.73 bits per heavy atom. The van der Waals surface area contributed by atoms with E-state index in [9.17, 15) is 5.11 Å². The van der Waals surface area contributed by atoms with E-state index in [1.807, 2.05) is 18.2 Å². The van der Waals surface area contributed by atoms with Crippen molar-refractivity contribution in [2.75, 3.05) is 0 Å². The average Bonchev–Trinajstić information content (AvgIpc) is 3.28. The summed E-state index contributed by atoms with van der Waals surface area (Å²) < 4.78 is 5.97. The number of nitrogens with zero attached hydrogens (tertiary/aromatic N) is 2. The zero-order valence-corrected chi connectivity index (χ0v) is 16.6. The number of benzene rings is 1. The van der Waals surface area contributed by atoms with Gasteiger partial charge in [0.15, 0.2) is 5.76 Å². The first kappa shape index (κ1) is 17.8. The Morgan fingerprint density at radius 2 is 2.08 bits per heavy atom. The highest BCUT2D eigenvalue weighted by molar-refractivity contribution is 9.11. The number of alkyl halides is 1. The normalized spacial score (nSPS) is 18.0. The predicted octanol–water partition coefficient (Wildman–Crippen LogP) is 5.67. The zero-order chi connectivity index (χ0) is 18.1. The third kappa shape index (κ3) is 3.47. The lowest BCUT2D eigenvalue weighted by atomic mass is 9.97. The van der Waals surface area contributed by atoms with Crippen LogP contribution in [0.1, 0.15) is 29.3 Å². The van der Waals surface area contributed by atoms with Crippen molar-refractivity contribution in [1.29, 1.82) is 0 Å². The van der Waals surface area contributed by atoms with Crippen LogP contribution < -0.4 is 0 Å². The van der Waals surface area contributed by atoms with Crippen LogP contribution in [0.4, 0.5) is 0 Å². The zero-order valence-electron chi connectivity index (χ0n) is 13.5. The fourth-order valence-electron chi connectivity index (χ4n) is 2.83. The maximum atomic E-state index is 11.1. The number of aromatic nitrogens is 2. The van der Waals surface area contributed by atoms with Crippen LogP contribution in [0.15, 0.2) is 59.4 Å². The lowest BCUT2D eigenvalue weighted by Gasteiger charge is -2.13. The molecule has 0 aliphatic carbocycles. The van der Waals surface area contributed by atoms with Crippen LogP contribution >= 0.6 is 39.3 Å². The van der Waals surface area contributed by atoms with E-state index in [0.717, 1.165) is 16.9 Å². The molecule has 4 nitrogen and oxygen atoms in total. The number of hydrogen-bond donors (Lipinski definition) is 1. The minimum absolute atomic E-state index is 0.302. The van der Waals surface area contributed by atoms with Gasteiger partial charge in [-0.2, -0.15) is 0 Å². The molecule has 1 aliphatic rings. The van der Waals surface area contributed by atoms with E-state index >= 15 is 0 Å². The number of pyridine rings is 1. The summed E-state index contributed by atoms with van der Waals surface area (Å²) in [5, 5.41) is 16.0. The van der Waals surface area contributed by atoms with Crippen LogP contribution in [0.3, 0.4) is 0 Å². The topological polar surface area (TPSA) is 59.2 Å². The molecule has 1 aromatic carbocycles. The molecule has 2 atom stereocenters. The van der Waals surface area contributed by atoms with E-state index < -0.39 is 6.10 Å². The molecule has 0 bridgehead atoms. The van der Waals surface area contributed by atoms with Crippen molar-refractivity contribution in [3.63, 3.8) is 0 Å². The molecule has 0 radical (unpaired) electrons. The van der Waals surface area contributed by atoms with Crippen molar-refractivity contribution < 1.29 is 9.63 Å². The van der Waals surface area contributed by atoms with Crippen molar-refractivity contribution in [2.45, 2.75) is 16.7 Å². The number of halogens is 2. The molecule has 0 spiro atoms. The van der Waals surface area contributed by atoms with Gasteiger partial charge in [-0.15, -0.1) is 11.8 Å². The van der Waals surface area contributed by atoms with Crippen LogP contribution in [0, 0.1) is 0 Å². The minimum atomic E-state index is -0.897. The summed E-state index contributed by atoms with van der Waals surface area (Å²) in [7, 11) is 0. The predicted molar refractivity (Wildman–Crippen MR) is 108 cm³/mol. The maximum Gasteiger partial charge on any atom is 0.173 e. The second-order valence-corrected chi connectivity index (χ2v) is 9.19. The summed E-state index contributed by atoms with van der Waals surface area (Å²) in [6.07, 6.45) is 5.43. The standard InChI is InChI=1S/C19H14BrClN2O2S/c20-15-8-7-14(26-15)17-16(18(24)12-2-1-9-22-10-12)19(25-23-17)11-3-5-13(21)6-4-11/h1-7,9-10,15,18,24H,8H2. The summed E-state index contributed by atoms with van der Waals surface area (Å²) in [5.41, 5.74) is 2.80. The highest BCUT2D eigenvalue weighted by Gasteiger charge is 2.30.